The molecule has 0 aliphatic carbocycles. The SMILES string of the molecule is Cc1cc(/C=C2\S/C(=N\C(C)C)N(c3ccccc3)C2=O)ccc1OCCO. The Morgan fingerprint density at radius 2 is 1.96 bits per heavy atom. The second-order valence-electron chi connectivity index (χ2n) is 6.69. The monoisotopic (exact) mass is 396 g/mol. The van der Waals surface area contributed by atoms with E-state index in [0.29, 0.717) is 10.1 Å². The van der Waals surface area contributed by atoms with Gasteiger partial charge in [0.2, 0.25) is 0 Å². The highest BCUT2D eigenvalue weighted by Gasteiger charge is 2.34. The average molecular weight is 397 g/mol. The summed E-state index contributed by atoms with van der Waals surface area (Å²) in [5.74, 6) is 0.656. The highest BCUT2D eigenvalue weighted by Crippen LogP contribution is 2.36. The molecular formula is C22H24N2O3S. The fourth-order valence-corrected chi connectivity index (χ4v) is 3.93. The molecule has 6 heteroatoms. The van der Waals surface area contributed by atoms with E-state index in [4.69, 9.17) is 9.84 Å². The Labute approximate surface area is 169 Å². The van der Waals surface area contributed by atoms with Crippen LogP contribution in [0.5, 0.6) is 5.75 Å². The third kappa shape index (κ3) is 4.64. The molecule has 0 bridgehead atoms. The van der Waals surface area contributed by atoms with Gasteiger partial charge in [0.15, 0.2) is 5.17 Å². The predicted octanol–water partition coefficient (Wildman–Crippen LogP) is 4.25. The van der Waals surface area contributed by atoms with Crippen molar-refractivity contribution in [2.24, 2.45) is 4.99 Å². The summed E-state index contributed by atoms with van der Waals surface area (Å²) in [6.07, 6.45) is 1.88. The number of carbonyl (C=O) groups excluding carboxylic acids is 1. The molecule has 28 heavy (non-hydrogen) atoms. The minimum atomic E-state index is -0.0751. The second-order valence-corrected chi connectivity index (χ2v) is 7.70. The van der Waals surface area contributed by atoms with Crippen LogP contribution in [0.2, 0.25) is 0 Å². The summed E-state index contributed by atoms with van der Waals surface area (Å²) in [5.41, 5.74) is 2.68. The van der Waals surface area contributed by atoms with Crippen molar-refractivity contribution in [2.75, 3.05) is 18.1 Å². The standard InChI is InChI=1S/C22H24N2O3S/c1-15(2)23-22-24(18-7-5-4-6-8-18)21(26)20(28-22)14-17-9-10-19(16(3)13-17)27-12-11-25/h4-10,13-15,25H,11-12H2,1-3H3/b20-14-,23-22-. The lowest BCUT2D eigenvalue weighted by molar-refractivity contribution is -0.113. The molecule has 0 unspecified atom stereocenters. The molecular weight excluding hydrogens is 372 g/mol. The van der Waals surface area contributed by atoms with Crippen LogP contribution < -0.4 is 9.64 Å². The van der Waals surface area contributed by atoms with Crippen molar-refractivity contribution in [2.45, 2.75) is 26.8 Å². The molecule has 146 valence electrons. The van der Waals surface area contributed by atoms with Crippen LogP contribution >= 0.6 is 11.8 Å². The average Bonchev–Trinajstić information content (AvgIpc) is 2.96. The number of aryl methyl sites for hydroxylation is 1. The number of hydrogen-bond donors (Lipinski definition) is 1. The first-order chi connectivity index (χ1) is 13.5. The number of ether oxygens (including phenoxy) is 1. The summed E-state index contributed by atoms with van der Waals surface area (Å²) in [6, 6.07) is 15.4. The Hall–Kier alpha value is -2.57. The molecule has 0 atom stereocenters. The number of aliphatic hydroxyl groups is 1. The first-order valence-electron chi connectivity index (χ1n) is 9.20. The Kier molecular flexibility index (Phi) is 6.54. The number of aliphatic imine (C=N–C) groups is 1. The molecule has 0 spiro atoms. The molecule has 0 radical (unpaired) electrons. The van der Waals surface area contributed by atoms with Gasteiger partial charge in [0, 0.05) is 6.04 Å². The molecule has 1 saturated heterocycles. The number of aliphatic hydroxyl groups excluding tert-OH is 1. The molecule has 1 fully saturated rings. The first kappa shape index (κ1) is 20.2. The van der Waals surface area contributed by atoms with Crippen molar-refractivity contribution in [3.05, 3.63) is 64.6 Å². The summed E-state index contributed by atoms with van der Waals surface area (Å²) >= 11 is 1.39. The number of anilines is 1. The molecule has 1 aliphatic rings. The second kappa shape index (κ2) is 9.08. The van der Waals surface area contributed by atoms with Crippen LogP contribution in [0.3, 0.4) is 0 Å². The number of benzene rings is 2. The van der Waals surface area contributed by atoms with Gasteiger partial charge in [-0.1, -0.05) is 24.3 Å². The zero-order valence-corrected chi connectivity index (χ0v) is 17.1. The van der Waals surface area contributed by atoms with E-state index in [2.05, 4.69) is 4.99 Å². The van der Waals surface area contributed by atoms with Gasteiger partial charge in [-0.2, -0.15) is 0 Å². The summed E-state index contributed by atoms with van der Waals surface area (Å²) < 4.78 is 5.50. The largest absolute Gasteiger partial charge is 0.491 e. The van der Waals surface area contributed by atoms with E-state index in [9.17, 15) is 4.79 Å². The van der Waals surface area contributed by atoms with Crippen molar-refractivity contribution in [3.63, 3.8) is 0 Å². The zero-order valence-electron chi connectivity index (χ0n) is 16.3. The normalized spacial score (nSPS) is 17.2. The molecule has 2 aromatic carbocycles. The van der Waals surface area contributed by atoms with Crippen LogP contribution in [0, 0.1) is 6.92 Å². The van der Waals surface area contributed by atoms with Crippen LogP contribution in [0.15, 0.2) is 58.4 Å². The fraction of sp³-hybridized carbons (Fsp3) is 0.273. The zero-order chi connectivity index (χ0) is 20.1. The van der Waals surface area contributed by atoms with Crippen molar-refractivity contribution in [3.8, 4) is 5.75 Å². The quantitative estimate of drug-likeness (QED) is 0.742. The van der Waals surface area contributed by atoms with Gasteiger partial charge in [0.25, 0.3) is 5.91 Å². The number of amides is 1. The number of nitrogens with zero attached hydrogens (tertiary/aromatic N) is 2. The van der Waals surface area contributed by atoms with Gasteiger partial charge in [0.05, 0.1) is 17.2 Å². The highest BCUT2D eigenvalue weighted by atomic mass is 32.2. The fourth-order valence-electron chi connectivity index (χ4n) is 2.82. The Bertz CT molecular complexity index is 907. The number of thioether (sulfide) groups is 1. The maximum Gasteiger partial charge on any atom is 0.271 e. The molecule has 5 nitrogen and oxygen atoms in total. The molecule has 3 rings (SSSR count). The third-order valence-electron chi connectivity index (χ3n) is 4.04. The summed E-state index contributed by atoms with van der Waals surface area (Å²) in [5, 5.41) is 9.60. The van der Waals surface area contributed by atoms with Crippen LogP contribution in [0.4, 0.5) is 5.69 Å². The summed E-state index contributed by atoms with van der Waals surface area (Å²) in [4.78, 5) is 20.0. The topological polar surface area (TPSA) is 62.1 Å². The lowest BCUT2D eigenvalue weighted by Crippen LogP contribution is -2.29. The Morgan fingerprint density at radius 3 is 2.61 bits per heavy atom. The maximum atomic E-state index is 13.1. The molecule has 1 N–H and O–H groups in total. The first-order valence-corrected chi connectivity index (χ1v) is 10.0. The van der Waals surface area contributed by atoms with Gasteiger partial charge in [0.1, 0.15) is 12.4 Å². The van der Waals surface area contributed by atoms with E-state index < -0.39 is 0 Å². The predicted molar refractivity (Wildman–Crippen MR) is 116 cm³/mol. The molecule has 0 saturated carbocycles. The summed E-state index contributed by atoms with van der Waals surface area (Å²) in [7, 11) is 0. The lowest BCUT2D eigenvalue weighted by Gasteiger charge is -2.16. The van der Waals surface area contributed by atoms with Gasteiger partial charge in [-0.05, 0) is 74.0 Å². The van der Waals surface area contributed by atoms with Crippen molar-refractivity contribution in [1.82, 2.24) is 0 Å². The number of hydrogen-bond acceptors (Lipinski definition) is 5. The smallest absolute Gasteiger partial charge is 0.271 e. The van der Waals surface area contributed by atoms with Gasteiger partial charge in [-0.25, -0.2) is 0 Å². The lowest BCUT2D eigenvalue weighted by atomic mass is 10.1. The number of amidine groups is 1. The Morgan fingerprint density at radius 1 is 1.21 bits per heavy atom. The van der Waals surface area contributed by atoms with Gasteiger partial charge >= 0.3 is 0 Å². The maximum absolute atomic E-state index is 13.1. The van der Waals surface area contributed by atoms with E-state index in [0.717, 1.165) is 22.6 Å². The van der Waals surface area contributed by atoms with E-state index in [1.54, 1.807) is 4.90 Å². The van der Waals surface area contributed by atoms with E-state index >= 15 is 0 Å². The third-order valence-corrected chi connectivity index (χ3v) is 5.02. The van der Waals surface area contributed by atoms with Gasteiger partial charge in [-0.3, -0.25) is 14.7 Å². The van der Waals surface area contributed by atoms with E-state index in [1.165, 1.54) is 11.8 Å². The van der Waals surface area contributed by atoms with Gasteiger partial charge in [-0.15, -0.1) is 0 Å². The van der Waals surface area contributed by atoms with Crippen molar-refractivity contribution >= 4 is 34.6 Å². The minimum absolute atomic E-state index is 0.0241. The molecule has 1 aliphatic heterocycles. The van der Waals surface area contributed by atoms with E-state index in [-0.39, 0.29) is 25.2 Å². The van der Waals surface area contributed by atoms with Crippen molar-refractivity contribution < 1.29 is 14.6 Å². The minimum Gasteiger partial charge on any atom is -0.491 e. The highest BCUT2D eigenvalue weighted by molar-refractivity contribution is 8.19. The van der Waals surface area contributed by atoms with Crippen LogP contribution in [-0.4, -0.2) is 35.4 Å². The van der Waals surface area contributed by atoms with Crippen LogP contribution in [0.1, 0.15) is 25.0 Å². The number of rotatable bonds is 6. The van der Waals surface area contributed by atoms with Crippen LogP contribution in [-0.2, 0) is 4.79 Å². The molecule has 0 aromatic heterocycles. The molecule has 2 aromatic rings. The van der Waals surface area contributed by atoms with Gasteiger partial charge < -0.3 is 9.84 Å². The van der Waals surface area contributed by atoms with E-state index in [1.807, 2.05) is 75.4 Å². The van der Waals surface area contributed by atoms with Crippen LogP contribution in [0.25, 0.3) is 6.08 Å². The van der Waals surface area contributed by atoms with Crippen molar-refractivity contribution in [1.29, 1.82) is 0 Å². The number of para-hydroxylation sites is 1. The number of carbonyl (C=O) groups is 1. The Balaban J connectivity index is 1.92. The molecule has 1 heterocycles. The summed E-state index contributed by atoms with van der Waals surface area (Å²) in [6.45, 7) is 6.18. The molecule has 1 amide bonds.